The predicted molar refractivity (Wildman–Crippen MR) is 112 cm³/mol. The number of benzene rings is 2. The molecule has 0 atom stereocenters. The largest absolute Gasteiger partial charge is 0.484 e. The van der Waals surface area contributed by atoms with E-state index in [1.165, 1.54) is 5.56 Å². The van der Waals surface area contributed by atoms with Crippen molar-refractivity contribution < 1.29 is 9.53 Å². The van der Waals surface area contributed by atoms with Gasteiger partial charge in [0.2, 0.25) is 0 Å². The van der Waals surface area contributed by atoms with Crippen molar-refractivity contribution in [3.63, 3.8) is 0 Å². The molecule has 1 amide bonds. The summed E-state index contributed by atoms with van der Waals surface area (Å²) in [5, 5.41) is 7.47. The SMILES string of the molecule is Cc1nn(-c2ccccc2)c(C)c1NC(=O)COc1ccc(C(C)(C)C)cc1. The Bertz CT molecular complexity index is 952. The van der Waals surface area contributed by atoms with Crippen LogP contribution < -0.4 is 10.1 Å². The topological polar surface area (TPSA) is 56.2 Å². The molecule has 0 saturated heterocycles. The Hall–Kier alpha value is -3.08. The van der Waals surface area contributed by atoms with E-state index in [4.69, 9.17) is 4.74 Å². The molecule has 3 aromatic rings. The van der Waals surface area contributed by atoms with E-state index in [1.54, 1.807) is 0 Å². The molecule has 0 radical (unpaired) electrons. The summed E-state index contributed by atoms with van der Waals surface area (Å²) >= 11 is 0. The van der Waals surface area contributed by atoms with E-state index in [2.05, 4.69) is 31.2 Å². The van der Waals surface area contributed by atoms with Gasteiger partial charge >= 0.3 is 0 Å². The van der Waals surface area contributed by atoms with Crippen LogP contribution in [0.3, 0.4) is 0 Å². The molecular formula is C23H27N3O2. The van der Waals surface area contributed by atoms with Crippen molar-refractivity contribution in [2.45, 2.75) is 40.0 Å². The maximum atomic E-state index is 12.4. The van der Waals surface area contributed by atoms with E-state index in [0.29, 0.717) is 5.75 Å². The number of aromatic nitrogens is 2. The number of hydrogen-bond acceptors (Lipinski definition) is 3. The molecule has 1 heterocycles. The molecule has 0 aliphatic carbocycles. The first-order valence-electron chi connectivity index (χ1n) is 9.40. The Kier molecular flexibility index (Phi) is 5.54. The number of hydrogen-bond donors (Lipinski definition) is 1. The van der Waals surface area contributed by atoms with Gasteiger partial charge in [-0.25, -0.2) is 4.68 Å². The first-order valence-corrected chi connectivity index (χ1v) is 9.40. The Morgan fingerprint density at radius 3 is 2.29 bits per heavy atom. The van der Waals surface area contributed by atoms with E-state index in [0.717, 1.165) is 22.8 Å². The summed E-state index contributed by atoms with van der Waals surface area (Å²) in [5.41, 5.74) is 4.64. The molecule has 5 heteroatoms. The van der Waals surface area contributed by atoms with Gasteiger partial charge in [0.15, 0.2) is 6.61 Å². The lowest BCUT2D eigenvalue weighted by molar-refractivity contribution is -0.118. The van der Waals surface area contributed by atoms with Crippen molar-refractivity contribution in [2.75, 3.05) is 11.9 Å². The highest BCUT2D eigenvalue weighted by Crippen LogP contribution is 2.25. The van der Waals surface area contributed by atoms with Gasteiger partial charge in [0.1, 0.15) is 5.75 Å². The molecule has 3 rings (SSSR count). The van der Waals surface area contributed by atoms with Crippen LogP contribution in [-0.4, -0.2) is 22.3 Å². The number of anilines is 1. The molecule has 146 valence electrons. The smallest absolute Gasteiger partial charge is 0.262 e. The number of rotatable bonds is 5. The summed E-state index contributed by atoms with van der Waals surface area (Å²) in [7, 11) is 0. The van der Waals surface area contributed by atoms with E-state index in [9.17, 15) is 4.79 Å². The summed E-state index contributed by atoms with van der Waals surface area (Å²) in [6, 6.07) is 17.7. The number of ether oxygens (including phenoxy) is 1. The molecule has 0 spiro atoms. The zero-order chi connectivity index (χ0) is 20.3. The molecule has 0 saturated carbocycles. The maximum Gasteiger partial charge on any atom is 0.262 e. The standard InChI is InChI=1S/C23H27N3O2/c1-16-22(17(2)26(25-16)19-9-7-6-8-10-19)24-21(27)15-28-20-13-11-18(12-14-20)23(3,4)5/h6-14H,15H2,1-5H3,(H,24,27). The van der Waals surface area contributed by atoms with E-state index in [-0.39, 0.29) is 17.9 Å². The van der Waals surface area contributed by atoms with Crippen LogP contribution in [0, 0.1) is 13.8 Å². The molecule has 0 aliphatic heterocycles. The first-order chi connectivity index (χ1) is 13.3. The van der Waals surface area contributed by atoms with Crippen LogP contribution in [0.4, 0.5) is 5.69 Å². The minimum absolute atomic E-state index is 0.0513. The average Bonchev–Trinajstić information content (AvgIpc) is 2.95. The van der Waals surface area contributed by atoms with Gasteiger partial charge in [0.05, 0.1) is 22.8 Å². The molecule has 28 heavy (non-hydrogen) atoms. The molecule has 0 unspecified atom stereocenters. The lowest BCUT2D eigenvalue weighted by Gasteiger charge is -2.19. The zero-order valence-electron chi connectivity index (χ0n) is 17.1. The second-order valence-electron chi connectivity index (χ2n) is 7.90. The minimum atomic E-state index is -0.210. The summed E-state index contributed by atoms with van der Waals surface area (Å²) < 4.78 is 7.47. The third-order valence-corrected chi connectivity index (χ3v) is 4.65. The monoisotopic (exact) mass is 377 g/mol. The van der Waals surface area contributed by atoms with Gasteiger partial charge in [-0.2, -0.15) is 5.10 Å². The second kappa shape index (κ2) is 7.89. The third kappa shape index (κ3) is 4.42. The number of nitrogens with zero attached hydrogens (tertiary/aromatic N) is 2. The number of carbonyl (C=O) groups is 1. The normalized spacial score (nSPS) is 11.3. The fraction of sp³-hybridized carbons (Fsp3) is 0.304. The Morgan fingerprint density at radius 1 is 1.04 bits per heavy atom. The van der Waals surface area contributed by atoms with Crippen LogP contribution in [0.5, 0.6) is 5.75 Å². The van der Waals surface area contributed by atoms with Crippen LogP contribution in [-0.2, 0) is 10.2 Å². The van der Waals surface area contributed by atoms with Gasteiger partial charge < -0.3 is 10.1 Å². The van der Waals surface area contributed by atoms with Gasteiger partial charge in [-0.15, -0.1) is 0 Å². The number of amides is 1. The average molecular weight is 377 g/mol. The number of aryl methyl sites for hydroxylation is 1. The molecule has 0 bridgehead atoms. The third-order valence-electron chi connectivity index (χ3n) is 4.65. The quantitative estimate of drug-likeness (QED) is 0.694. The number of carbonyl (C=O) groups excluding carboxylic acids is 1. The van der Waals surface area contributed by atoms with Crippen LogP contribution in [0.2, 0.25) is 0 Å². The van der Waals surface area contributed by atoms with Crippen LogP contribution in [0.15, 0.2) is 54.6 Å². The number of para-hydroxylation sites is 1. The second-order valence-corrected chi connectivity index (χ2v) is 7.90. The van der Waals surface area contributed by atoms with Gasteiger partial charge in [0.25, 0.3) is 5.91 Å². The van der Waals surface area contributed by atoms with Crippen molar-refractivity contribution in [2.24, 2.45) is 0 Å². The molecular weight excluding hydrogens is 350 g/mol. The van der Waals surface area contributed by atoms with Gasteiger partial charge in [0, 0.05) is 0 Å². The Morgan fingerprint density at radius 2 is 1.68 bits per heavy atom. The zero-order valence-corrected chi connectivity index (χ0v) is 17.1. The summed E-state index contributed by atoms with van der Waals surface area (Å²) in [5.74, 6) is 0.468. The predicted octanol–water partition coefficient (Wildman–Crippen LogP) is 4.80. The van der Waals surface area contributed by atoms with Crippen molar-refractivity contribution in [3.8, 4) is 11.4 Å². The fourth-order valence-electron chi connectivity index (χ4n) is 3.02. The highest BCUT2D eigenvalue weighted by atomic mass is 16.5. The van der Waals surface area contributed by atoms with Gasteiger partial charge in [-0.1, -0.05) is 51.1 Å². The molecule has 0 fully saturated rings. The summed E-state index contributed by atoms with van der Waals surface area (Å²) in [6.07, 6.45) is 0. The molecule has 1 aromatic heterocycles. The Labute approximate surface area is 166 Å². The number of nitrogens with one attached hydrogen (secondary N) is 1. The first kappa shape index (κ1) is 19.7. The molecule has 1 N–H and O–H groups in total. The lowest BCUT2D eigenvalue weighted by Crippen LogP contribution is -2.21. The summed E-state index contributed by atoms with van der Waals surface area (Å²) in [6.45, 7) is 10.3. The van der Waals surface area contributed by atoms with Gasteiger partial charge in [-0.3, -0.25) is 4.79 Å². The lowest BCUT2D eigenvalue weighted by atomic mass is 9.87. The molecule has 2 aromatic carbocycles. The van der Waals surface area contributed by atoms with E-state index < -0.39 is 0 Å². The maximum absolute atomic E-state index is 12.4. The molecule has 5 nitrogen and oxygen atoms in total. The highest BCUT2D eigenvalue weighted by molar-refractivity contribution is 5.93. The van der Waals surface area contributed by atoms with Crippen molar-refractivity contribution in [1.29, 1.82) is 0 Å². The fourth-order valence-corrected chi connectivity index (χ4v) is 3.02. The summed E-state index contributed by atoms with van der Waals surface area (Å²) in [4.78, 5) is 12.4. The molecule has 0 aliphatic rings. The van der Waals surface area contributed by atoms with Crippen LogP contribution in [0.1, 0.15) is 37.7 Å². The van der Waals surface area contributed by atoms with Crippen LogP contribution in [0.25, 0.3) is 5.69 Å². The van der Waals surface area contributed by atoms with Crippen molar-refractivity contribution in [3.05, 3.63) is 71.5 Å². The minimum Gasteiger partial charge on any atom is -0.484 e. The Balaban J connectivity index is 1.65. The van der Waals surface area contributed by atoms with Crippen LogP contribution >= 0.6 is 0 Å². The van der Waals surface area contributed by atoms with E-state index in [1.807, 2.05) is 73.1 Å². The van der Waals surface area contributed by atoms with Crippen molar-refractivity contribution >= 4 is 11.6 Å². The van der Waals surface area contributed by atoms with E-state index >= 15 is 0 Å². The van der Waals surface area contributed by atoms with Crippen molar-refractivity contribution in [1.82, 2.24) is 9.78 Å². The van der Waals surface area contributed by atoms with Gasteiger partial charge in [-0.05, 0) is 49.1 Å². The highest BCUT2D eigenvalue weighted by Gasteiger charge is 2.16.